The van der Waals surface area contributed by atoms with Crippen LogP contribution in [-0.2, 0) is 13.1 Å². The van der Waals surface area contributed by atoms with E-state index in [1.165, 1.54) is 5.69 Å². The van der Waals surface area contributed by atoms with Gasteiger partial charge in [0.25, 0.3) is 0 Å². The highest BCUT2D eigenvalue weighted by Crippen LogP contribution is 2.22. The Bertz CT molecular complexity index is 460. The van der Waals surface area contributed by atoms with E-state index in [1.54, 1.807) is 6.26 Å². The summed E-state index contributed by atoms with van der Waals surface area (Å²) in [4.78, 5) is 4.32. The van der Waals surface area contributed by atoms with E-state index in [9.17, 15) is 0 Å². The monoisotopic (exact) mass is 203 g/mol. The maximum atomic E-state index is 5.38. The summed E-state index contributed by atoms with van der Waals surface area (Å²) in [6.07, 6.45) is 3.80. The minimum Gasteiger partial charge on any atom is -0.444 e. The molecule has 15 heavy (non-hydrogen) atoms. The van der Waals surface area contributed by atoms with Crippen LogP contribution in [0.3, 0.4) is 0 Å². The van der Waals surface area contributed by atoms with Crippen LogP contribution in [-0.4, -0.2) is 16.1 Å². The summed E-state index contributed by atoms with van der Waals surface area (Å²) in [5.41, 5.74) is 3.29. The average molecular weight is 203 g/mol. The summed E-state index contributed by atoms with van der Waals surface area (Å²) in [5.74, 6) is 0.717. The molecule has 0 amide bonds. The molecule has 4 nitrogen and oxygen atoms in total. The fourth-order valence-corrected chi connectivity index (χ4v) is 1.93. The first-order chi connectivity index (χ1) is 7.33. The quantitative estimate of drug-likeness (QED) is 0.764. The predicted octanol–water partition coefficient (Wildman–Crippen LogP) is 1.55. The lowest BCUT2D eigenvalue weighted by atomic mass is 10.3. The zero-order valence-electron chi connectivity index (χ0n) is 8.66. The van der Waals surface area contributed by atoms with Crippen molar-refractivity contribution in [2.24, 2.45) is 0 Å². The summed E-state index contributed by atoms with van der Waals surface area (Å²) < 4.78 is 7.64. The molecule has 0 unspecified atom stereocenters. The molecule has 0 saturated heterocycles. The minimum absolute atomic E-state index is 0.717. The molecule has 1 N–H and O–H groups in total. The Morgan fingerprint density at radius 1 is 1.53 bits per heavy atom. The van der Waals surface area contributed by atoms with Gasteiger partial charge in [-0.1, -0.05) is 0 Å². The second-order valence-corrected chi connectivity index (χ2v) is 3.88. The van der Waals surface area contributed by atoms with Crippen LogP contribution in [0.4, 0.5) is 0 Å². The Morgan fingerprint density at radius 2 is 2.47 bits per heavy atom. The van der Waals surface area contributed by atoms with E-state index in [0.29, 0.717) is 0 Å². The second-order valence-electron chi connectivity index (χ2n) is 3.88. The van der Waals surface area contributed by atoms with Gasteiger partial charge >= 0.3 is 0 Å². The number of aryl methyl sites for hydroxylation is 1. The van der Waals surface area contributed by atoms with E-state index in [1.807, 2.05) is 6.92 Å². The lowest BCUT2D eigenvalue weighted by Gasteiger charge is -2.15. The van der Waals surface area contributed by atoms with E-state index in [4.69, 9.17) is 4.42 Å². The van der Waals surface area contributed by atoms with Gasteiger partial charge in [-0.25, -0.2) is 4.98 Å². The van der Waals surface area contributed by atoms with Crippen molar-refractivity contribution in [1.82, 2.24) is 14.9 Å². The first kappa shape index (κ1) is 8.73. The summed E-state index contributed by atoms with van der Waals surface area (Å²) >= 11 is 0. The van der Waals surface area contributed by atoms with Crippen LogP contribution in [0.1, 0.15) is 11.4 Å². The molecule has 78 valence electrons. The number of nitrogens with zero attached hydrogens (tertiary/aromatic N) is 2. The summed E-state index contributed by atoms with van der Waals surface area (Å²) in [7, 11) is 0. The van der Waals surface area contributed by atoms with Gasteiger partial charge in [0.2, 0.25) is 5.89 Å². The molecular weight excluding hydrogens is 190 g/mol. The van der Waals surface area contributed by atoms with Gasteiger partial charge in [-0.3, -0.25) is 0 Å². The van der Waals surface area contributed by atoms with Crippen LogP contribution >= 0.6 is 0 Å². The molecular formula is C11H13N3O. The number of aromatic nitrogens is 2. The number of hydrogen-bond acceptors (Lipinski definition) is 3. The van der Waals surface area contributed by atoms with Crippen molar-refractivity contribution < 1.29 is 4.42 Å². The SMILES string of the molecule is Cc1coc(-c2cc3n(c2)CCNC3)n1. The van der Waals surface area contributed by atoms with Crippen molar-refractivity contribution in [2.75, 3.05) is 6.54 Å². The maximum absolute atomic E-state index is 5.38. The largest absolute Gasteiger partial charge is 0.444 e. The van der Waals surface area contributed by atoms with E-state index in [0.717, 1.165) is 36.8 Å². The highest BCUT2D eigenvalue weighted by Gasteiger charge is 2.13. The molecule has 0 spiro atoms. The van der Waals surface area contributed by atoms with Crippen LogP contribution in [0.25, 0.3) is 11.5 Å². The zero-order chi connectivity index (χ0) is 10.3. The van der Waals surface area contributed by atoms with Gasteiger partial charge in [-0.15, -0.1) is 0 Å². The maximum Gasteiger partial charge on any atom is 0.227 e. The highest BCUT2D eigenvalue weighted by atomic mass is 16.3. The molecule has 0 aliphatic carbocycles. The Hall–Kier alpha value is -1.55. The van der Waals surface area contributed by atoms with Crippen molar-refractivity contribution in [2.45, 2.75) is 20.0 Å². The number of rotatable bonds is 1. The van der Waals surface area contributed by atoms with E-state index < -0.39 is 0 Å². The van der Waals surface area contributed by atoms with Crippen molar-refractivity contribution in [3.63, 3.8) is 0 Å². The normalized spacial score (nSPS) is 15.3. The molecule has 0 saturated carbocycles. The van der Waals surface area contributed by atoms with E-state index >= 15 is 0 Å². The first-order valence-electron chi connectivity index (χ1n) is 5.15. The Morgan fingerprint density at radius 3 is 3.20 bits per heavy atom. The third-order valence-electron chi connectivity index (χ3n) is 2.69. The zero-order valence-corrected chi connectivity index (χ0v) is 8.66. The highest BCUT2D eigenvalue weighted by molar-refractivity contribution is 5.53. The molecule has 3 rings (SSSR count). The Labute approximate surface area is 87.9 Å². The van der Waals surface area contributed by atoms with Gasteiger partial charge in [0, 0.05) is 31.5 Å². The van der Waals surface area contributed by atoms with Crippen LogP contribution in [0.5, 0.6) is 0 Å². The van der Waals surface area contributed by atoms with Crippen molar-refractivity contribution in [1.29, 1.82) is 0 Å². The summed E-state index contributed by atoms with van der Waals surface area (Å²) in [6, 6.07) is 2.14. The minimum atomic E-state index is 0.717. The molecule has 2 aromatic rings. The Balaban J connectivity index is 2.02. The van der Waals surface area contributed by atoms with Gasteiger partial charge in [-0.05, 0) is 13.0 Å². The second kappa shape index (κ2) is 3.24. The lowest BCUT2D eigenvalue weighted by molar-refractivity contribution is 0.516. The molecule has 0 fully saturated rings. The molecule has 0 aromatic carbocycles. The van der Waals surface area contributed by atoms with Crippen molar-refractivity contribution in [3.05, 3.63) is 29.9 Å². The third-order valence-corrected chi connectivity index (χ3v) is 2.69. The smallest absolute Gasteiger partial charge is 0.227 e. The standard InChI is InChI=1S/C11H13N3O/c1-8-7-15-11(13-8)9-4-10-5-12-2-3-14(10)6-9/h4,6-7,12H,2-3,5H2,1H3. The van der Waals surface area contributed by atoms with Crippen LogP contribution in [0.2, 0.25) is 0 Å². The van der Waals surface area contributed by atoms with Crippen molar-refractivity contribution >= 4 is 0 Å². The number of nitrogens with one attached hydrogen (secondary N) is 1. The summed E-state index contributed by atoms with van der Waals surface area (Å²) in [5, 5.41) is 3.34. The Kier molecular flexibility index (Phi) is 1.89. The molecule has 4 heteroatoms. The molecule has 1 aliphatic heterocycles. The van der Waals surface area contributed by atoms with E-state index in [-0.39, 0.29) is 0 Å². The topological polar surface area (TPSA) is 43.0 Å². The summed E-state index contributed by atoms with van der Waals surface area (Å²) in [6.45, 7) is 4.92. The third kappa shape index (κ3) is 1.47. The van der Waals surface area contributed by atoms with E-state index in [2.05, 4.69) is 27.1 Å². The van der Waals surface area contributed by atoms with Gasteiger partial charge in [0.15, 0.2) is 0 Å². The van der Waals surface area contributed by atoms with Crippen LogP contribution < -0.4 is 5.32 Å². The van der Waals surface area contributed by atoms with Gasteiger partial charge in [-0.2, -0.15) is 0 Å². The van der Waals surface area contributed by atoms with Crippen molar-refractivity contribution in [3.8, 4) is 11.5 Å². The fourth-order valence-electron chi connectivity index (χ4n) is 1.93. The molecule has 0 bridgehead atoms. The van der Waals surface area contributed by atoms with Crippen LogP contribution in [0, 0.1) is 6.92 Å². The number of hydrogen-bond donors (Lipinski definition) is 1. The van der Waals surface area contributed by atoms with Crippen LogP contribution in [0.15, 0.2) is 22.9 Å². The van der Waals surface area contributed by atoms with Gasteiger partial charge in [0.05, 0.1) is 11.3 Å². The first-order valence-corrected chi connectivity index (χ1v) is 5.15. The number of fused-ring (bicyclic) bond motifs is 1. The predicted molar refractivity (Wildman–Crippen MR) is 56.4 cm³/mol. The molecule has 3 heterocycles. The van der Waals surface area contributed by atoms with Gasteiger partial charge in [0.1, 0.15) is 6.26 Å². The lowest BCUT2D eigenvalue weighted by Crippen LogP contribution is -2.27. The molecule has 1 aliphatic rings. The number of oxazole rings is 1. The molecule has 0 radical (unpaired) electrons. The average Bonchev–Trinajstić information content (AvgIpc) is 2.82. The van der Waals surface area contributed by atoms with Gasteiger partial charge < -0.3 is 14.3 Å². The fraction of sp³-hybridized carbons (Fsp3) is 0.364. The molecule has 0 atom stereocenters. The molecule has 2 aromatic heterocycles.